The molecule has 2 N–H and O–H groups in total. The number of hydrogen-bond donors (Lipinski definition) is 2. The van der Waals surface area contributed by atoms with E-state index in [4.69, 9.17) is 9.47 Å². The van der Waals surface area contributed by atoms with Crippen molar-refractivity contribution >= 4 is 17.6 Å². The molecule has 0 aliphatic heterocycles. The SMILES string of the molecule is CCOC(=O)[C@H](CC(C)C)NC(=O)C(Nc1ccc(OC)cc1)C(F)(F)F. The van der Waals surface area contributed by atoms with Gasteiger partial charge in [0.25, 0.3) is 5.91 Å². The van der Waals surface area contributed by atoms with Crippen molar-refractivity contribution in [2.75, 3.05) is 19.0 Å². The molecule has 1 aromatic rings. The molecule has 0 heterocycles. The minimum atomic E-state index is -4.86. The highest BCUT2D eigenvalue weighted by Gasteiger charge is 2.46. The molecule has 0 aliphatic carbocycles. The lowest BCUT2D eigenvalue weighted by atomic mass is 10.0. The number of rotatable bonds is 9. The van der Waals surface area contributed by atoms with Crippen LogP contribution >= 0.6 is 0 Å². The van der Waals surface area contributed by atoms with Crippen LogP contribution in [0.25, 0.3) is 0 Å². The van der Waals surface area contributed by atoms with Crippen molar-refractivity contribution in [2.24, 2.45) is 5.92 Å². The molecule has 6 nitrogen and oxygen atoms in total. The Hall–Kier alpha value is -2.45. The molecular formula is C18H25F3N2O4. The van der Waals surface area contributed by atoms with Crippen LogP contribution < -0.4 is 15.4 Å². The second-order valence-corrected chi connectivity index (χ2v) is 6.29. The van der Waals surface area contributed by atoms with E-state index in [0.717, 1.165) is 0 Å². The Morgan fingerprint density at radius 2 is 1.74 bits per heavy atom. The number of hydrogen-bond acceptors (Lipinski definition) is 5. The van der Waals surface area contributed by atoms with Gasteiger partial charge in [0.1, 0.15) is 11.8 Å². The number of methoxy groups -OCH3 is 1. The summed E-state index contributed by atoms with van der Waals surface area (Å²) < 4.78 is 50.0. The predicted octanol–water partition coefficient (Wildman–Crippen LogP) is 3.13. The normalized spacial score (nSPS) is 13.6. The highest BCUT2D eigenvalue weighted by molar-refractivity contribution is 5.90. The molecule has 1 unspecified atom stereocenters. The van der Waals surface area contributed by atoms with Gasteiger partial charge in [-0.05, 0) is 43.5 Å². The quantitative estimate of drug-likeness (QED) is 0.634. The molecule has 0 spiro atoms. The topological polar surface area (TPSA) is 76.7 Å². The summed E-state index contributed by atoms with van der Waals surface area (Å²) in [5.74, 6) is -1.67. The fraction of sp³-hybridized carbons (Fsp3) is 0.556. The lowest BCUT2D eigenvalue weighted by Crippen LogP contribution is -2.54. The number of benzene rings is 1. The van der Waals surface area contributed by atoms with Crippen molar-refractivity contribution in [1.29, 1.82) is 0 Å². The van der Waals surface area contributed by atoms with Crippen LogP contribution in [0.2, 0.25) is 0 Å². The summed E-state index contributed by atoms with van der Waals surface area (Å²) >= 11 is 0. The van der Waals surface area contributed by atoms with Gasteiger partial charge in [-0.2, -0.15) is 13.2 Å². The fourth-order valence-corrected chi connectivity index (χ4v) is 2.33. The first-order valence-electron chi connectivity index (χ1n) is 8.52. The summed E-state index contributed by atoms with van der Waals surface area (Å²) in [5.41, 5.74) is 0.0878. The van der Waals surface area contributed by atoms with E-state index in [1.807, 2.05) is 0 Å². The molecule has 1 rings (SSSR count). The number of carbonyl (C=O) groups excluding carboxylic acids is 2. The second-order valence-electron chi connectivity index (χ2n) is 6.29. The molecule has 0 saturated heterocycles. The van der Waals surface area contributed by atoms with E-state index in [1.54, 1.807) is 20.8 Å². The standard InChI is InChI=1S/C18H25F3N2O4/c1-5-27-17(25)14(10-11(2)3)23-16(24)15(18(19,20)21)22-12-6-8-13(26-4)9-7-12/h6-9,11,14-15,22H,5,10H2,1-4H3,(H,23,24)/t14-,15?/m0/s1. The molecule has 0 saturated carbocycles. The van der Waals surface area contributed by atoms with Crippen LogP contribution in [0.5, 0.6) is 5.75 Å². The lowest BCUT2D eigenvalue weighted by Gasteiger charge is -2.25. The Morgan fingerprint density at radius 3 is 2.19 bits per heavy atom. The summed E-state index contributed by atoms with van der Waals surface area (Å²) in [5, 5.41) is 4.32. The average Bonchev–Trinajstić information content (AvgIpc) is 2.58. The first-order chi connectivity index (χ1) is 12.6. The smallest absolute Gasteiger partial charge is 0.417 e. The van der Waals surface area contributed by atoms with Crippen molar-refractivity contribution in [1.82, 2.24) is 5.32 Å². The summed E-state index contributed by atoms with van der Waals surface area (Å²) in [6.45, 7) is 5.22. The maximum atomic E-state index is 13.4. The van der Waals surface area contributed by atoms with Gasteiger partial charge in [0.05, 0.1) is 13.7 Å². The zero-order chi connectivity index (χ0) is 20.6. The number of amides is 1. The van der Waals surface area contributed by atoms with Crippen LogP contribution in [-0.4, -0.2) is 43.9 Å². The fourth-order valence-electron chi connectivity index (χ4n) is 2.33. The molecule has 0 aliphatic rings. The molecule has 0 aromatic heterocycles. The van der Waals surface area contributed by atoms with Crippen molar-refractivity contribution in [3.63, 3.8) is 0 Å². The summed E-state index contributed by atoms with van der Waals surface area (Å²) in [6.07, 6.45) is -4.70. The maximum Gasteiger partial charge on any atom is 0.417 e. The molecule has 0 radical (unpaired) electrons. The van der Waals surface area contributed by atoms with Crippen LogP contribution in [0.3, 0.4) is 0 Å². The Labute approximate surface area is 156 Å². The highest BCUT2D eigenvalue weighted by atomic mass is 19.4. The number of nitrogens with one attached hydrogen (secondary N) is 2. The second kappa shape index (κ2) is 10.0. The molecule has 1 amide bonds. The van der Waals surface area contributed by atoms with E-state index in [9.17, 15) is 22.8 Å². The van der Waals surface area contributed by atoms with E-state index in [1.165, 1.54) is 31.4 Å². The number of carbonyl (C=O) groups is 2. The van der Waals surface area contributed by atoms with Crippen molar-refractivity contribution in [2.45, 2.75) is 45.5 Å². The third-order valence-electron chi connectivity index (χ3n) is 3.59. The summed E-state index contributed by atoms with van der Waals surface area (Å²) in [4.78, 5) is 24.3. The monoisotopic (exact) mass is 390 g/mol. The Kier molecular flexibility index (Phi) is 8.39. The third kappa shape index (κ3) is 7.36. The lowest BCUT2D eigenvalue weighted by molar-refractivity contribution is -0.162. The molecule has 152 valence electrons. The molecule has 1 aromatic carbocycles. The Bertz CT molecular complexity index is 618. The van der Waals surface area contributed by atoms with Crippen LogP contribution in [0.4, 0.5) is 18.9 Å². The van der Waals surface area contributed by atoms with Gasteiger partial charge in [-0.25, -0.2) is 4.79 Å². The van der Waals surface area contributed by atoms with Crippen LogP contribution in [0, 0.1) is 5.92 Å². The molecule has 0 bridgehead atoms. The first kappa shape index (κ1) is 22.6. The predicted molar refractivity (Wildman–Crippen MR) is 94.5 cm³/mol. The minimum Gasteiger partial charge on any atom is -0.497 e. The van der Waals surface area contributed by atoms with Gasteiger partial charge < -0.3 is 20.1 Å². The van der Waals surface area contributed by atoms with E-state index in [0.29, 0.717) is 5.75 Å². The number of ether oxygens (including phenoxy) is 2. The molecule has 2 atom stereocenters. The highest BCUT2D eigenvalue weighted by Crippen LogP contribution is 2.25. The van der Waals surface area contributed by atoms with E-state index >= 15 is 0 Å². The van der Waals surface area contributed by atoms with Crippen LogP contribution in [0.1, 0.15) is 27.2 Å². The summed E-state index contributed by atoms with van der Waals surface area (Å²) in [7, 11) is 1.43. The summed E-state index contributed by atoms with van der Waals surface area (Å²) in [6, 6.07) is 1.99. The van der Waals surface area contributed by atoms with E-state index in [-0.39, 0.29) is 24.6 Å². The van der Waals surface area contributed by atoms with Crippen molar-refractivity contribution in [3.8, 4) is 5.75 Å². The largest absolute Gasteiger partial charge is 0.497 e. The van der Waals surface area contributed by atoms with Crippen LogP contribution in [0.15, 0.2) is 24.3 Å². The zero-order valence-corrected chi connectivity index (χ0v) is 15.7. The average molecular weight is 390 g/mol. The van der Waals surface area contributed by atoms with Crippen molar-refractivity contribution in [3.05, 3.63) is 24.3 Å². The Morgan fingerprint density at radius 1 is 1.15 bits per heavy atom. The van der Waals surface area contributed by atoms with Crippen LogP contribution in [-0.2, 0) is 14.3 Å². The Balaban J connectivity index is 2.96. The number of esters is 1. The number of halogens is 3. The molecular weight excluding hydrogens is 365 g/mol. The number of alkyl halides is 3. The van der Waals surface area contributed by atoms with Crippen molar-refractivity contribution < 1.29 is 32.2 Å². The van der Waals surface area contributed by atoms with Gasteiger partial charge in [0.15, 0.2) is 0 Å². The van der Waals surface area contributed by atoms with Gasteiger partial charge in [-0.1, -0.05) is 13.8 Å². The van der Waals surface area contributed by atoms with Gasteiger partial charge in [-0.15, -0.1) is 0 Å². The molecule has 27 heavy (non-hydrogen) atoms. The van der Waals surface area contributed by atoms with Gasteiger partial charge in [0, 0.05) is 5.69 Å². The molecule has 9 heteroatoms. The van der Waals surface area contributed by atoms with Gasteiger partial charge in [-0.3, -0.25) is 4.79 Å². The third-order valence-corrected chi connectivity index (χ3v) is 3.59. The van der Waals surface area contributed by atoms with E-state index in [2.05, 4.69) is 10.6 Å². The van der Waals surface area contributed by atoms with Gasteiger partial charge >= 0.3 is 12.1 Å². The van der Waals surface area contributed by atoms with E-state index < -0.39 is 30.1 Å². The minimum absolute atomic E-state index is 0.0291. The zero-order valence-electron chi connectivity index (χ0n) is 15.7. The van der Waals surface area contributed by atoms with Gasteiger partial charge in [0.2, 0.25) is 6.04 Å². The first-order valence-corrected chi connectivity index (χ1v) is 8.52. The maximum absolute atomic E-state index is 13.4. The number of anilines is 1. The molecule has 0 fully saturated rings.